The summed E-state index contributed by atoms with van der Waals surface area (Å²) in [6, 6.07) is 13.9. The number of hydrogen-bond donors (Lipinski definition) is 0. The Balaban J connectivity index is 1.33. The third kappa shape index (κ3) is 3.55. The molecule has 7 nitrogen and oxygen atoms in total. The lowest BCUT2D eigenvalue weighted by molar-refractivity contribution is -0.134. The van der Waals surface area contributed by atoms with Crippen molar-refractivity contribution in [1.82, 2.24) is 9.80 Å². The molecule has 0 aromatic heterocycles. The summed E-state index contributed by atoms with van der Waals surface area (Å²) in [6.07, 6.45) is 1.12. The van der Waals surface area contributed by atoms with Gasteiger partial charge in [0.15, 0.2) is 18.1 Å². The van der Waals surface area contributed by atoms with Crippen LogP contribution in [-0.4, -0.2) is 60.4 Å². The van der Waals surface area contributed by atoms with Crippen molar-refractivity contribution in [3.05, 3.63) is 59.7 Å². The number of fused-ring (bicyclic) bond motifs is 1. The summed E-state index contributed by atoms with van der Waals surface area (Å²) < 4.78 is 10.8. The van der Waals surface area contributed by atoms with E-state index in [1.165, 1.54) is 4.90 Å². The molecule has 150 valence electrons. The van der Waals surface area contributed by atoms with Gasteiger partial charge in [-0.25, -0.2) is 0 Å². The topological polar surface area (TPSA) is 76.2 Å². The van der Waals surface area contributed by atoms with Gasteiger partial charge in [0.25, 0.3) is 17.7 Å². The Bertz CT molecular complexity index is 915. The largest absolute Gasteiger partial charge is 0.493 e. The van der Waals surface area contributed by atoms with Crippen molar-refractivity contribution in [1.29, 1.82) is 0 Å². The quantitative estimate of drug-likeness (QED) is 0.728. The first-order valence-electron chi connectivity index (χ1n) is 9.60. The average molecular weight is 394 g/mol. The second kappa shape index (κ2) is 7.95. The van der Waals surface area contributed by atoms with Crippen LogP contribution in [-0.2, 0) is 4.79 Å². The minimum Gasteiger partial charge on any atom is -0.493 e. The minimum absolute atomic E-state index is 0.0853. The first-order chi connectivity index (χ1) is 14.1. The number of amides is 3. The van der Waals surface area contributed by atoms with Crippen LogP contribution in [0.15, 0.2) is 48.5 Å². The van der Waals surface area contributed by atoms with Crippen molar-refractivity contribution in [3.63, 3.8) is 0 Å². The summed E-state index contributed by atoms with van der Waals surface area (Å²) in [7, 11) is 1.55. The number of hydrogen-bond acceptors (Lipinski definition) is 5. The monoisotopic (exact) mass is 394 g/mol. The number of piperidine rings is 1. The standard InChI is InChI=1S/C22H22N2O5/c1-28-18-8-4-5-9-19(18)29-14-20(25)23-12-10-15(11-13-23)24-21(26)16-6-2-3-7-17(16)22(24)27/h2-9,15H,10-14H2,1H3. The lowest BCUT2D eigenvalue weighted by atomic mass is 10.0. The van der Waals surface area contributed by atoms with Crippen LogP contribution in [0.25, 0.3) is 0 Å². The van der Waals surface area contributed by atoms with E-state index in [2.05, 4.69) is 0 Å². The molecule has 4 rings (SSSR count). The van der Waals surface area contributed by atoms with Gasteiger partial charge in [-0.05, 0) is 37.1 Å². The maximum atomic E-state index is 12.6. The maximum Gasteiger partial charge on any atom is 0.261 e. The molecule has 0 unspecified atom stereocenters. The van der Waals surface area contributed by atoms with Crippen molar-refractivity contribution < 1.29 is 23.9 Å². The van der Waals surface area contributed by atoms with Gasteiger partial charge in [-0.1, -0.05) is 24.3 Å². The molecule has 1 fully saturated rings. The zero-order valence-electron chi connectivity index (χ0n) is 16.2. The van der Waals surface area contributed by atoms with Crippen molar-refractivity contribution in [2.75, 3.05) is 26.8 Å². The Morgan fingerprint density at radius 3 is 2.07 bits per heavy atom. The van der Waals surface area contributed by atoms with E-state index in [4.69, 9.17) is 9.47 Å². The molecule has 2 heterocycles. The van der Waals surface area contributed by atoms with Crippen LogP contribution in [0.1, 0.15) is 33.6 Å². The molecular weight excluding hydrogens is 372 g/mol. The van der Waals surface area contributed by atoms with E-state index in [1.807, 2.05) is 12.1 Å². The lowest BCUT2D eigenvalue weighted by Crippen LogP contribution is -2.49. The van der Waals surface area contributed by atoms with E-state index in [1.54, 1.807) is 48.4 Å². The number of rotatable bonds is 5. The first-order valence-corrected chi connectivity index (χ1v) is 9.60. The van der Waals surface area contributed by atoms with Gasteiger partial charge >= 0.3 is 0 Å². The average Bonchev–Trinajstić information content (AvgIpc) is 3.03. The minimum atomic E-state index is -0.241. The number of likely N-dealkylation sites (tertiary alicyclic amines) is 1. The highest BCUT2D eigenvalue weighted by atomic mass is 16.5. The number of imide groups is 1. The molecule has 0 radical (unpaired) electrons. The molecular formula is C22H22N2O5. The summed E-state index contributed by atoms with van der Waals surface area (Å²) in [4.78, 5) is 40.9. The number of para-hydroxylation sites is 2. The highest BCUT2D eigenvalue weighted by molar-refractivity contribution is 6.21. The molecule has 2 aromatic carbocycles. The Labute approximate surface area is 168 Å². The molecule has 0 N–H and O–H groups in total. The Morgan fingerprint density at radius 2 is 1.48 bits per heavy atom. The summed E-state index contributed by atoms with van der Waals surface area (Å²) >= 11 is 0. The zero-order chi connectivity index (χ0) is 20.4. The maximum absolute atomic E-state index is 12.6. The predicted octanol–water partition coefficient (Wildman–Crippen LogP) is 2.36. The zero-order valence-corrected chi connectivity index (χ0v) is 16.2. The van der Waals surface area contributed by atoms with Gasteiger partial charge in [-0.15, -0.1) is 0 Å². The second-order valence-electron chi connectivity index (χ2n) is 7.08. The van der Waals surface area contributed by atoms with E-state index < -0.39 is 0 Å². The van der Waals surface area contributed by atoms with Crippen molar-refractivity contribution in [3.8, 4) is 11.5 Å². The van der Waals surface area contributed by atoms with Gasteiger partial charge in [0.05, 0.1) is 18.2 Å². The Hall–Kier alpha value is -3.35. The van der Waals surface area contributed by atoms with E-state index in [-0.39, 0.29) is 30.4 Å². The van der Waals surface area contributed by atoms with Gasteiger partial charge < -0.3 is 14.4 Å². The molecule has 2 aliphatic heterocycles. The summed E-state index contributed by atoms with van der Waals surface area (Å²) in [5.74, 6) is 0.482. The van der Waals surface area contributed by atoms with Crippen molar-refractivity contribution >= 4 is 17.7 Å². The molecule has 7 heteroatoms. The normalized spacial score (nSPS) is 16.7. The molecule has 1 saturated heterocycles. The SMILES string of the molecule is COc1ccccc1OCC(=O)N1CCC(N2C(=O)c3ccccc3C2=O)CC1. The van der Waals surface area contributed by atoms with Crippen LogP contribution in [0.4, 0.5) is 0 Å². The smallest absolute Gasteiger partial charge is 0.261 e. The number of carbonyl (C=O) groups is 3. The molecule has 0 atom stereocenters. The summed E-state index contributed by atoms with van der Waals surface area (Å²) in [6.45, 7) is 0.871. The lowest BCUT2D eigenvalue weighted by Gasteiger charge is -2.35. The third-order valence-electron chi connectivity index (χ3n) is 5.43. The van der Waals surface area contributed by atoms with E-state index in [0.29, 0.717) is 48.6 Å². The molecule has 0 saturated carbocycles. The van der Waals surface area contributed by atoms with Gasteiger partial charge in [-0.3, -0.25) is 19.3 Å². The van der Waals surface area contributed by atoms with Gasteiger partial charge in [-0.2, -0.15) is 0 Å². The van der Waals surface area contributed by atoms with Gasteiger partial charge in [0, 0.05) is 19.1 Å². The third-order valence-corrected chi connectivity index (χ3v) is 5.43. The van der Waals surface area contributed by atoms with E-state index in [0.717, 1.165) is 0 Å². The number of ether oxygens (including phenoxy) is 2. The molecule has 0 bridgehead atoms. The molecule has 2 aliphatic rings. The van der Waals surface area contributed by atoms with Crippen LogP contribution in [0.3, 0.4) is 0 Å². The fourth-order valence-electron chi connectivity index (χ4n) is 3.88. The summed E-state index contributed by atoms with van der Waals surface area (Å²) in [5.41, 5.74) is 0.919. The first kappa shape index (κ1) is 19.0. The van der Waals surface area contributed by atoms with Crippen LogP contribution >= 0.6 is 0 Å². The van der Waals surface area contributed by atoms with Crippen LogP contribution in [0.5, 0.6) is 11.5 Å². The molecule has 2 aromatic rings. The number of benzene rings is 2. The second-order valence-corrected chi connectivity index (χ2v) is 7.08. The molecule has 29 heavy (non-hydrogen) atoms. The van der Waals surface area contributed by atoms with Crippen LogP contribution < -0.4 is 9.47 Å². The Kier molecular flexibility index (Phi) is 5.20. The predicted molar refractivity (Wildman–Crippen MR) is 105 cm³/mol. The highest BCUT2D eigenvalue weighted by Gasteiger charge is 2.41. The molecule has 0 aliphatic carbocycles. The van der Waals surface area contributed by atoms with Crippen molar-refractivity contribution in [2.45, 2.75) is 18.9 Å². The van der Waals surface area contributed by atoms with E-state index in [9.17, 15) is 14.4 Å². The fourth-order valence-corrected chi connectivity index (χ4v) is 3.88. The summed E-state index contributed by atoms with van der Waals surface area (Å²) in [5, 5.41) is 0. The van der Waals surface area contributed by atoms with Gasteiger partial charge in [0.1, 0.15) is 0 Å². The fraction of sp³-hybridized carbons (Fsp3) is 0.318. The number of methoxy groups -OCH3 is 1. The van der Waals surface area contributed by atoms with Crippen LogP contribution in [0.2, 0.25) is 0 Å². The Morgan fingerprint density at radius 1 is 0.931 bits per heavy atom. The van der Waals surface area contributed by atoms with Crippen LogP contribution in [0, 0.1) is 0 Å². The van der Waals surface area contributed by atoms with Crippen molar-refractivity contribution in [2.24, 2.45) is 0 Å². The highest BCUT2D eigenvalue weighted by Crippen LogP contribution is 2.29. The number of carbonyl (C=O) groups excluding carboxylic acids is 3. The van der Waals surface area contributed by atoms with Gasteiger partial charge in [0.2, 0.25) is 0 Å². The molecule has 3 amide bonds. The van der Waals surface area contributed by atoms with E-state index >= 15 is 0 Å². The molecule has 0 spiro atoms. The number of nitrogens with zero attached hydrogens (tertiary/aromatic N) is 2.